The van der Waals surface area contributed by atoms with E-state index < -0.39 is 0 Å². The molecule has 36 heavy (non-hydrogen) atoms. The van der Waals surface area contributed by atoms with E-state index in [0.717, 1.165) is 18.1 Å². The molecule has 0 saturated carbocycles. The smallest absolute Gasteiger partial charge is 0.159 e. The van der Waals surface area contributed by atoms with Crippen LogP contribution in [0.5, 0.6) is 0 Å². The van der Waals surface area contributed by atoms with Gasteiger partial charge in [-0.1, -0.05) is 187 Å². The van der Waals surface area contributed by atoms with E-state index >= 15 is 0 Å². The summed E-state index contributed by atoms with van der Waals surface area (Å²) in [5, 5.41) is 0.848. The van der Waals surface area contributed by atoms with E-state index in [-0.39, 0.29) is 0 Å². The van der Waals surface area contributed by atoms with Crippen LogP contribution in [0, 0.1) is 0 Å². The zero-order valence-corrected chi connectivity index (χ0v) is 26.1. The maximum absolute atomic E-state index is 5.73. The topological polar surface area (TPSA) is 9.23 Å². The van der Waals surface area contributed by atoms with Gasteiger partial charge < -0.3 is 4.74 Å². The fourth-order valence-electron chi connectivity index (χ4n) is 5.20. The Balaban J connectivity index is 3.08. The van der Waals surface area contributed by atoms with E-state index in [1.54, 1.807) is 0 Å². The highest BCUT2D eigenvalue weighted by Gasteiger charge is 1.99. The Morgan fingerprint density at radius 3 is 0.917 bits per heavy atom. The zero-order valence-electron chi connectivity index (χ0n) is 25.2. The minimum absolute atomic E-state index is 0.840. The standard InChI is InChI=1S/C34H68OS/c1-3-5-7-9-10-11-12-13-14-15-16-17-18-19-20-21-22-23-24-25-26-27-29-31-33-35-34(36)32-30-28-8-6-4-2/h3-33H2,1-2H3. The van der Waals surface area contributed by atoms with Gasteiger partial charge in [-0.25, -0.2) is 0 Å². The van der Waals surface area contributed by atoms with Crippen molar-refractivity contribution in [2.75, 3.05) is 6.61 Å². The summed E-state index contributed by atoms with van der Waals surface area (Å²) in [6.45, 7) is 5.40. The summed E-state index contributed by atoms with van der Waals surface area (Å²) in [4.78, 5) is 0. The molecule has 0 aliphatic rings. The molecule has 0 bridgehead atoms. The molecule has 0 aromatic rings. The number of thiocarbonyl (C=S) groups is 1. The molecule has 0 N–H and O–H groups in total. The second-order valence-corrected chi connectivity index (χ2v) is 12.0. The molecule has 0 unspecified atom stereocenters. The summed E-state index contributed by atoms with van der Waals surface area (Å²) in [5.74, 6) is 0. The molecule has 0 aromatic heterocycles. The van der Waals surface area contributed by atoms with Crippen molar-refractivity contribution in [3.8, 4) is 0 Å². The largest absolute Gasteiger partial charge is 0.487 e. The van der Waals surface area contributed by atoms with Crippen LogP contribution in [0.15, 0.2) is 0 Å². The molecule has 1 nitrogen and oxygen atoms in total. The van der Waals surface area contributed by atoms with E-state index in [1.807, 2.05) is 0 Å². The predicted molar refractivity (Wildman–Crippen MR) is 168 cm³/mol. The van der Waals surface area contributed by atoms with Crippen LogP contribution in [0.3, 0.4) is 0 Å². The van der Waals surface area contributed by atoms with Gasteiger partial charge in [-0.05, 0) is 25.1 Å². The van der Waals surface area contributed by atoms with Gasteiger partial charge in [0.1, 0.15) is 0 Å². The highest BCUT2D eigenvalue weighted by molar-refractivity contribution is 7.80. The van der Waals surface area contributed by atoms with Crippen LogP contribution in [-0.2, 0) is 4.74 Å². The third-order valence-electron chi connectivity index (χ3n) is 7.75. The van der Waals surface area contributed by atoms with E-state index in [9.17, 15) is 0 Å². The first kappa shape index (κ1) is 35.9. The molecule has 0 aromatic carbocycles. The van der Waals surface area contributed by atoms with Crippen LogP contribution in [0.25, 0.3) is 0 Å². The van der Waals surface area contributed by atoms with Crippen molar-refractivity contribution in [2.45, 2.75) is 206 Å². The Morgan fingerprint density at radius 1 is 0.361 bits per heavy atom. The Bertz CT molecular complexity index is 408. The summed E-state index contributed by atoms with van der Waals surface area (Å²) in [6.07, 6.45) is 42.0. The van der Waals surface area contributed by atoms with Crippen LogP contribution in [-0.4, -0.2) is 11.7 Å². The highest BCUT2D eigenvalue weighted by atomic mass is 32.1. The number of rotatable bonds is 31. The van der Waals surface area contributed by atoms with Crippen LogP contribution >= 0.6 is 12.2 Å². The van der Waals surface area contributed by atoms with Gasteiger partial charge in [-0.2, -0.15) is 0 Å². The first-order valence-corrected chi connectivity index (χ1v) is 17.4. The van der Waals surface area contributed by atoms with Gasteiger partial charge in [0, 0.05) is 6.42 Å². The first-order chi connectivity index (χ1) is 17.8. The molecule has 0 spiro atoms. The number of hydrogen-bond donors (Lipinski definition) is 0. The van der Waals surface area contributed by atoms with Crippen molar-refractivity contribution < 1.29 is 4.74 Å². The van der Waals surface area contributed by atoms with E-state index in [2.05, 4.69) is 13.8 Å². The first-order valence-electron chi connectivity index (χ1n) is 17.0. The van der Waals surface area contributed by atoms with E-state index in [4.69, 9.17) is 17.0 Å². The number of ether oxygens (including phenoxy) is 1. The molecule has 0 atom stereocenters. The minimum atomic E-state index is 0.840. The maximum atomic E-state index is 5.73. The third kappa shape index (κ3) is 31.9. The molecule has 216 valence electrons. The summed E-state index contributed by atoms with van der Waals surface area (Å²) in [6, 6.07) is 0. The summed E-state index contributed by atoms with van der Waals surface area (Å²) < 4.78 is 5.73. The lowest BCUT2D eigenvalue weighted by Gasteiger charge is -2.07. The molecule has 0 heterocycles. The summed E-state index contributed by atoms with van der Waals surface area (Å²) in [7, 11) is 0. The second kappa shape index (κ2) is 32.9. The van der Waals surface area contributed by atoms with Gasteiger partial charge >= 0.3 is 0 Å². The van der Waals surface area contributed by atoms with Crippen LogP contribution in [0.1, 0.15) is 206 Å². The highest BCUT2D eigenvalue weighted by Crippen LogP contribution is 2.16. The number of unbranched alkanes of at least 4 members (excludes halogenated alkanes) is 27. The van der Waals surface area contributed by atoms with Crippen LogP contribution < -0.4 is 0 Å². The average molecular weight is 525 g/mol. The van der Waals surface area contributed by atoms with E-state index in [1.165, 1.54) is 186 Å². The normalized spacial score (nSPS) is 11.3. The fourth-order valence-corrected chi connectivity index (χ4v) is 5.42. The van der Waals surface area contributed by atoms with Crippen molar-refractivity contribution in [1.82, 2.24) is 0 Å². The van der Waals surface area contributed by atoms with Gasteiger partial charge in [0.15, 0.2) is 5.05 Å². The molecular weight excluding hydrogens is 456 g/mol. The lowest BCUT2D eigenvalue weighted by atomic mass is 10.0. The van der Waals surface area contributed by atoms with Gasteiger partial charge in [0.25, 0.3) is 0 Å². The molecule has 0 radical (unpaired) electrons. The number of hydrogen-bond acceptors (Lipinski definition) is 2. The van der Waals surface area contributed by atoms with Gasteiger partial charge in [0.2, 0.25) is 0 Å². The monoisotopic (exact) mass is 524 g/mol. The summed E-state index contributed by atoms with van der Waals surface area (Å²) in [5.41, 5.74) is 0. The molecular formula is C34H68OS. The zero-order chi connectivity index (χ0) is 26.2. The third-order valence-corrected chi connectivity index (χ3v) is 8.07. The lowest BCUT2D eigenvalue weighted by Crippen LogP contribution is -2.03. The fraction of sp³-hybridized carbons (Fsp3) is 0.971. The van der Waals surface area contributed by atoms with Crippen LogP contribution in [0.2, 0.25) is 0 Å². The molecule has 0 aliphatic heterocycles. The quantitative estimate of drug-likeness (QED) is 0.0658. The Kier molecular flexibility index (Phi) is 32.8. The molecule has 0 saturated heterocycles. The lowest BCUT2D eigenvalue weighted by molar-refractivity contribution is 0.290. The predicted octanol–water partition coefficient (Wildman–Crippen LogP) is 13.1. The minimum Gasteiger partial charge on any atom is -0.487 e. The molecule has 0 rings (SSSR count). The average Bonchev–Trinajstić information content (AvgIpc) is 2.88. The Hall–Kier alpha value is -0.110. The van der Waals surface area contributed by atoms with Gasteiger partial charge in [-0.3, -0.25) is 0 Å². The SMILES string of the molecule is CCCCCCCCCCCCCCCCCCCCCCCCCCOC(=S)CCCCCCC. The van der Waals surface area contributed by atoms with Gasteiger partial charge in [-0.15, -0.1) is 0 Å². The molecule has 0 amide bonds. The van der Waals surface area contributed by atoms with E-state index in [0.29, 0.717) is 0 Å². The second-order valence-electron chi connectivity index (χ2n) is 11.5. The molecule has 0 aliphatic carbocycles. The Morgan fingerprint density at radius 2 is 0.611 bits per heavy atom. The van der Waals surface area contributed by atoms with Crippen LogP contribution in [0.4, 0.5) is 0 Å². The van der Waals surface area contributed by atoms with Gasteiger partial charge in [0.05, 0.1) is 6.61 Å². The summed E-state index contributed by atoms with van der Waals surface area (Å²) >= 11 is 5.35. The maximum Gasteiger partial charge on any atom is 0.159 e. The Labute approximate surface area is 234 Å². The van der Waals surface area contributed by atoms with Crippen molar-refractivity contribution in [3.05, 3.63) is 0 Å². The molecule has 0 fully saturated rings. The molecule has 2 heteroatoms. The van der Waals surface area contributed by atoms with Crippen molar-refractivity contribution in [2.24, 2.45) is 0 Å². The van der Waals surface area contributed by atoms with Crippen molar-refractivity contribution in [3.63, 3.8) is 0 Å². The van der Waals surface area contributed by atoms with Crippen molar-refractivity contribution in [1.29, 1.82) is 0 Å². The van der Waals surface area contributed by atoms with Crippen molar-refractivity contribution >= 4 is 17.3 Å².